The van der Waals surface area contributed by atoms with E-state index in [4.69, 9.17) is 0 Å². The molecule has 2 N–H and O–H groups in total. The molecule has 0 spiro atoms. The fraction of sp³-hybridized carbons (Fsp3) is 0.846. The minimum absolute atomic E-state index is 0. The van der Waals surface area contributed by atoms with Crippen LogP contribution < -0.4 is 10.6 Å². The largest absolute Gasteiger partial charge is 0.347 e. The lowest BCUT2D eigenvalue weighted by molar-refractivity contribution is -0.131. The van der Waals surface area contributed by atoms with E-state index in [2.05, 4.69) is 17.6 Å². The maximum atomic E-state index is 11.7. The predicted octanol–water partition coefficient (Wildman–Crippen LogP) is 0.638. The highest BCUT2D eigenvalue weighted by Gasteiger charge is 2.22. The third-order valence-electron chi connectivity index (χ3n) is 3.58. The van der Waals surface area contributed by atoms with Crippen LogP contribution in [0.2, 0.25) is 0 Å². The van der Waals surface area contributed by atoms with Crippen molar-refractivity contribution in [3.63, 3.8) is 0 Å². The highest BCUT2D eigenvalue weighted by Crippen LogP contribution is 2.22. The van der Waals surface area contributed by atoms with Gasteiger partial charge in [0, 0.05) is 20.5 Å². The van der Waals surface area contributed by atoms with Gasteiger partial charge in [-0.05, 0) is 37.8 Å². The predicted molar refractivity (Wildman–Crippen MR) is 78.3 cm³/mol. The summed E-state index contributed by atoms with van der Waals surface area (Å²) in [5.41, 5.74) is 0. The standard InChI is InChI=1S/C13H25N3O2.ClH/c1-10(11-5-4-6-14-8-11)7-12(17)15-9-13(18)16(2)3;/h10-11,14H,4-9H2,1-3H3,(H,15,17);1H. The van der Waals surface area contributed by atoms with E-state index in [1.54, 1.807) is 14.1 Å². The molecule has 1 heterocycles. The summed E-state index contributed by atoms with van der Waals surface area (Å²) in [6.45, 7) is 4.31. The average molecular weight is 292 g/mol. The van der Waals surface area contributed by atoms with Crippen molar-refractivity contribution in [3.05, 3.63) is 0 Å². The minimum Gasteiger partial charge on any atom is -0.347 e. The molecule has 2 atom stereocenters. The fourth-order valence-corrected chi connectivity index (χ4v) is 2.23. The van der Waals surface area contributed by atoms with Crippen LogP contribution in [-0.4, -0.2) is 50.4 Å². The molecule has 0 aliphatic carbocycles. The molecule has 1 aliphatic heterocycles. The number of halogens is 1. The average Bonchev–Trinajstić information content (AvgIpc) is 2.36. The summed E-state index contributed by atoms with van der Waals surface area (Å²) in [6, 6.07) is 0. The Bertz CT molecular complexity index is 292. The van der Waals surface area contributed by atoms with E-state index in [1.807, 2.05) is 0 Å². The number of hydrogen-bond donors (Lipinski definition) is 2. The van der Waals surface area contributed by atoms with Crippen LogP contribution in [0.4, 0.5) is 0 Å². The van der Waals surface area contributed by atoms with Gasteiger partial charge in [-0.25, -0.2) is 0 Å². The van der Waals surface area contributed by atoms with Crippen molar-refractivity contribution in [2.45, 2.75) is 26.2 Å². The van der Waals surface area contributed by atoms with Crippen LogP contribution in [0.1, 0.15) is 26.2 Å². The minimum atomic E-state index is -0.0738. The Morgan fingerprint density at radius 3 is 2.63 bits per heavy atom. The van der Waals surface area contributed by atoms with Crippen LogP contribution in [0, 0.1) is 11.8 Å². The number of nitrogens with zero attached hydrogens (tertiary/aromatic N) is 1. The Balaban J connectivity index is 0.00000324. The lowest BCUT2D eigenvalue weighted by Gasteiger charge is -2.28. The van der Waals surface area contributed by atoms with E-state index in [0.29, 0.717) is 18.3 Å². The van der Waals surface area contributed by atoms with Crippen LogP contribution in [0.15, 0.2) is 0 Å². The second-order valence-electron chi connectivity index (χ2n) is 5.35. The third-order valence-corrected chi connectivity index (χ3v) is 3.58. The normalized spacial score (nSPS) is 20.1. The Kier molecular flexibility index (Phi) is 8.76. The Morgan fingerprint density at radius 2 is 2.11 bits per heavy atom. The number of likely N-dealkylation sites (N-methyl/N-ethyl adjacent to an activating group) is 1. The Morgan fingerprint density at radius 1 is 1.42 bits per heavy atom. The molecule has 2 unspecified atom stereocenters. The Hall–Kier alpha value is -0.810. The zero-order valence-corrected chi connectivity index (χ0v) is 12.9. The molecule has 0 aromatic carbocycles. The second-order valence-corrected chi connectivity index (χ2v) is 5.35. The first kappa shape index (κ1) is 18.2. The van der Waals surface area contributed by atoms with Gasteiger partial charge in [-0.2, -0.15) is 0 Å². The van der Waals surface area contributed by atoms with Crippen LogP contribution in [0.3, 0.4) is 0 Å². The molecular formula is C13H26ClN3O2. The number of hydrogen-bond acceptors (Lipinski definition) is 3. The number of nitrogens with one attached hydrogen (secondary N) is 2. The summed E-state index contributed by atoms with van der Waals surface area (Å²) >= 11 is 0. The van der Waals surface area contributed by atoms with Crippen LogP contribution in [-0.2, 0) is 9.59 Å². The monoisotopic (exact) mass is 291 g/mol. The molecule has 6 heteroatoms. The molecule has 0 aromatic heterocycles. The summed E-state index contributed by atoms with van der Waals surface area (Å²) in [5, 5.41) is 6.04. The molecule has 0 bridgehead atoms. The molecule has 19 heavy (non-hydrogen) atoms. The van der Waals surface area contributed by atoms with E-state index in [0.717, 1.165) is 13.1 Å². The van der Waals surface area contributed by atoms with Gasteiger partial charge in [0.1, 0.15) is 0 Å². The number of carbonyl (C=O) groups is 2. The number of amides is 2. The molecule has 1 fully saturated rings. The van der Waals surface area contributed by atoms with E-state index in [1.165, 1.54) is 17.7 Å². The first-order valence-corrected chi connectivity index (χ1v) is 6.68. The lowest BCUT2D eigenvalue weighted by Crippen LogP contribution is -2.38. The third kappa shape index (κ3) is 6.78. The molecule has 1 aliphatic rings. The van der Waals surface area contributed by atoms with Crippen LogP contribution in [0.25, 0.3) is 0 Å². The van der Waals surface area contributed by atoms with Crippen molar-refractivity contribution >= 4 is 24.2 Å². The quantitative estimate of drug-likeness (QED) is 0.781. The van der Waals surface area contributed by atoms with Crippen molar-refractivity contribution in [2.24, 2.45) is 11.8 Å². The summed E-state index contributed by atoms with van der Waals surface area (Å²) in [6.07, 6.45) is 2.89. The molecular weight excluding hydrogens is 266 g/mol. The van der Waals surface area contributed by atoms with Gasteiger partial charge in [0.2, 0.25) is 11.8 Å². The summed E-state index contributed by atoms with van der Waals surface area (Å²) in [4.78, 5) is 24.5. The molecule has 112 valence electrons. The van der Waals surface area contributed by atoms with Crippen molar-refractivity contribution < 1.29 is 9.59 Å². The van der Waals surface area contributed by atoms with E-state index >= 15 is 0 Å². The highest BCUT2D eigenvalue weighted by molar-refractivity contribution is 5.85. The van der Waals surface area contributed by atoms with E-state index < -0.39 is 0 Å². The first-order chi connectivity index (χ1) is 8.50. The molecule has 2 amide bonds. The van der Waals surface area contributed by atoms with Crippen molar-refractivity contribution in [1.29, 1.82) is 0 Å². The Labute approximate surface area is 121 Å². The van der Waals surface area contributed by atoms with Gasteiger partial charge in [-0.15, -0.1) is 12.4 Å². The van der Waals surface area contributed by atoms with Crippen molar-refractivity contribution in [1.82, 2.24) is 15.5 Å². The fourth-order valence-electron chi connectivity index (χ4n) is 2.23. The van der Waals surface area contributed by atoms with Crippen molar-refractivity contribution in [3.8, 4) is 0 Å². The molecule has 1 rings (SSSR count). The van der Waals surface area contributed by atoms with Gasteiger partial charge in [0.15, 0.2) is 0 Å². The van der Waals surface area contributed by atoms with Crippen LogP contribution >= 0.6 is 12.4 Å². The topological polar surface area (TPSA) is 61.4 Å². The molecule has 1 saturated heterocycles. The molecule has 0 saturated carbocycles. The maximum absolute atomic E-state index is 11.7. The zero-order valence-electron chi connectivity index (χ0n) is 12.1. The summed E-state index contributed by atoms with van der Waals surface area (Å²) in [7, 11) is 3.37. The smallest absolute Gasteiger partial charge is 0.241 e. The number of piperidine rings is 1. The van der Waals surface area contributed by atoms with E-state index in [9.17, 15) is 9.59 Å². The van der Waals surface area contributed by atoms with Gasteiger partial charge in [-0.3, -0.25) is 9.59 Å². The SMILES string of the molecule is CC(CC(=O)NCC(=O)N(C)C)C1CCCNC1.Cl. The first-order valence-electron chi connectivity index (χ1n) is 6.68. The zero-order chi connectivity index (χ0) is 13.5. The van der Waals surface area contributed by atoms with E-state index in [-0.39, 0.29) is 30.8 Å². The molecule has 5 nitrogen and oxygen atoms in total. The molecule has 0 aromatic rings. The summed E-state index contributed by atoms with van der Waals surface area (Å²) < 4.78 is 0. The number of carbonyl (C=O) groups excluding carboxylic acids is 2. The number of rotatable bonds is 5. The van der Waals surface area contributed by atoms with Crippen LogP contribution in [0.5, 0.6) is 0 Å². The van der Waals surface area contributed by atoms with Crippen molar-refractivity contribution in [2.75, 3.05) is 33.7 Å². The van der Waals surface area contributed by atoms with Gasteiger partial charge in [0.25, 0.3) is 0 Å². The van der Waals surface area contributed by atoms with Gasteiger partial charge in [-0.1, -0.05) is 6.92 Å². The molecule has 0 radical (unpaired) electrons. The second kappa shape index (κ2) is 9.15. The van der Waals surface area contributed by atoms with Gasteiger partial charge < -0.3 is 15.5 Å². The summed E-state index contributed by atoms with van der Waals surface area (Å²) in [5.74, 6) is 0.847. The van der Waals surface area contributed by atoms with Gasteiger partial charge in [0.05, 0.1) is 6.54 Å². The lowest BCUT2D eigenvalue weighted by atomic mass is 9.85. The highest BCUT2D eigenvalue weighted by atomic mass is 35.5. The van der Waals surface area contributed by atoms with Gasteiger partial charge >= 0.3 is 0 Å². The maximum Gasteiger partial charge on any atom is 0.241 e.